The van der Waals surface area contributed by atoms with Crippen molar-refractivity contribution in [3.63, 3.8) is 0 Å². The zero-order valence-corrected chi connectivity index (χ0v) is 6.15. The molecule has 2 N–H and O–H groups in total. The Hall–Kier alpha value is -0.0800. The van der Waals surface area contributed by atoms with Crippen molar-refractivity contribution >= 4 is 0 Å². The van der Waals surface area contributed by atoms with E-state index in [2.05, 4.69) is 24.5 Å². The third-order valence-corrected chi connectivity index (χ3v) is 1.66. The van der Waals surface area contributed by atoms with Gasteiger partial charge in [0.2, 0.25) is 0 Å². The molecule has 0 aromatic carbocycles. The summed E-state index contributed by atoms with van der Waals surface area (Å²) in [6.45, 7) is 4.31. The SMILES string of the molecule is CN[C@@H](C)[C@H](C)NC. The molecule has 0 spiro atoms. The maximum Gasteiger partial charge on any atom is 0.0187 e. The third kappa shape index (κ3) is 2.28. The predicted molar refractivity (Wildman–Crippen MR) is 37.0 cm³/mol. The number of rotatable bonds is 3. The summed E-state index contributed by atoms with van der Waals surface area (Å²) < 4.78 is 0. The van der Waals surface area contributed by atoms with Crippen LogP contribution in [0.3, 0.4) is 0 Å². The van der Waals surface area contributed by atoms with Crippen LogP contribution in [0, 0.1) is 0 Å². The smallest absolute Gasteiger partial charge is 0.0187 e. The van der Waals surface area contributed by atoms with Gasteiger partial charge >= 0.3 is 0 Å². The molecule has 0 fully saturated rings. The largest absolute Gasteiger partial charge is 0.316 e. The fraction of sp³-hybridized carbons (Fsp3) is 1.00. The molecular formula is C6H16N2. The molecule has 0 amide bonds. The maximum absolute atomic E-state index is 3.15. The molecule has 0 aliphatic heterocycles. The minimum absolute atomic E-state index is 0.556. The van der Waals surface area contributed by atoms with E-state index in [1.165, 1.54) is 0 Å². The van der Waals surface area contributed by atoms with Gasteiger partial charge in [-0.25, -0.2) is 0 Å². The molecule has 0 saturated carbocycles. The van der Waals surface area contributed by atoms with Crippen LogP contribution in [0.15, 0.2) is 0 Å². The molecule has 2 atom stereocenters. The lowest BCUT2D eigenvalue weighted by Gasteiger charge is -2.17. The Morgan fingerprint density at radius 3 is 1.25 bits per heavy atom. The van der Waals surface area contributed by atoms with Crippen LogP contribution in [0.2, 0.25) is 0 Å². The van der Waals surface area contributed by atoms with Crippen LogP contribution >= 0.6 is 0 Å². The molecule has 0 aliphatic rings. The maximum atomic E-state index is 3.15. The molecule has 0 heterocycles. The van der Waals surface area contributed by atoms with Crippen molar-refractivity contribution in [2.75, 3.05) is 14.1 Å². The predicted octanol–water partition coefficient (Wildman–Crippen LogP) is 0.202. The van der Waals surface area contributed by atoms with Crippen LogP contribution in [-0.2, 0) is 0 Å². The summed E-state index contributed by atoms with van der Waals surface area (Å²) >= 11 is 0. The summed E-state index contributed by atoms with van der Waals surface area (Å²) in [6, 6.07) is 1.11. The number of hydrogen-bond donors (Lipinski definition) is 2. The van der Waals surface area contributed by atoms with Crippen molar-refractivity contribution < 1.29 is 0 Å². The van der Waals surface area contributed by atoms with Gasteiger partial charge in [0.05, 0.1) is 0 Å². The van der Waals surface area contributed by atoms with E-state index in [1.54, 1.807) is 0 Å². The molecule has 0 rings (SSSR count). The van der Waals surface area contributed by atoms with Crippen molar-refractivity contribution in [3.05, 3.63) is 0 Å². The van der Waals surface area contributed by atoms with Gasteiger partial charge in [0.1, 0.15) is 0 Å². The van der Waals surface area contributed by atoms with Gasteiger partial charge in [-0.3, -0.25) is 0 Å². The van der Waals surface area contributed by atoms with Crippen molar-refractivity contribution in [3.8, 4) is 0 Å². The third-order valence-electron chi connectivity index (χ3n) is 1.66. The summed E-state index contributed by atoms with van der Waals surface area (Å²) in [7, 11) is 3.94. The van der Waals surface area contributed by atoms with E-state index in [-0.39, 0.29) is 0 Å². The zero-order chi connectivity index (χ0) is 6.57. The van der Waals surface area contributed by atoms with E-state index in [0.717, 1.165) is 0 Å². The van der Waals surface area contributed by atoms with Crippen molar-refractivity contribution in [1.29, 1.82) is 0 Å². The lowest BCUT2D eigenvalue weighted by atomic mass is 10.2. The van der Waals surface area contributed by atoms with Crippen molar-refractivity contribution in [2.45, 2.75) is 25.9 Å². The van der Waals surface area contributed by atoms with Crippen molar-refractivity contribution in [2.24, 2.45) is 0 Å². The Labute approximate surface area is 51.7 Å². The van der Waals surface area contributed by atoms with Gasteiger partial charge in [0.25, 0.3) is 0 Å². The highest BCUT2D eigenvalue weighted by atomic mass is 15.0. The standard InChI is InChI=1S/C6H16N2/c1-5(7-3)6(2)8-4/h5-8H,1-4H3/t5-,6-/m0/s1. The van der Waals surface area contributed by atoms with Gasteiger partial charge in [-0.1, -0.05) is 0 Å². The first-order chi connectivity index (χ1) is 3.72. The number of nitrogens with one attached hydrogen (secondary N) is 2. The molecule has 0 saturated heterocycles. The average molecular weight is 116 g/mol. The molecule has 8 heavy (non-hydrogen) atoms. The van der Waals surface area contributed by atoms with Gasteiger partial charge < -0.3 is 10.6 Å². The molecule has 0 bridgehead atoms. The summed E-state index contributed by atoms with van der Waals surface area (Å²) in [5.74, 6) is 0. The Balaban J connectivity index is 3.29. The summed E-state index contributed by atoms with van der Waals surface area (Å²) in [4.78, 5) is 0. The highest BCUT2D eigenvalue weighted by molar-refractivity contribution is 4.69. The second-order valence-corrected chi connectivity index (χ2v) is 2.15. The van der Waals surface area contributed by atoms with E-state index >= 15 is 0 Å². The lowest BCUT2D eigenvalue weighted by Crippen LogP contribution is -2.40. The monoisotopic (exact) mass is 116 g/mol. The first-order valence-electron chi connectivity index (χ1n) is 3.07. The molecule has 0 aliphatic carbocycles. The number of hydrogen-bond acceptors (Lipinski definition) is 2. The van der Waals surface area contributed by atoms with Gasteiger partial charge in [0.15, 0.2) is 0 Å². The Bertz CT molecular complexity index is 46.5. The van der Waals surface area contributed by atoms with E-state index in [0.29, 0.717) is 12.1 Å². The van der Waals surface area contributed by atoms with Crippen LogP contribution in [0.1, 0.15) is 13.8 Å². The Morgan fingerprint density at radius 2 is 1.12 bits per heavy atom. The minimum Gasteiger partial charge on any atom is -0.316 e. The lowest BCUT2D eigenvalue weighted by molar-refractivity contribution is 0.460. The fourth-order valence-corrected chi connectivity index (χ4v) is 0.500. The van der Waals surface area contributed by atoms with Gasteiger partial charge in [0, 0.05) is 12.1 Å². The molecule has 50 valence electrons. The van der Waals surface area contributed by atoms with Crippen LogP contribution in [0.5, 0.6) is 0 Å². The van der Waals surface area contributed by atoms with Crippen LogP contribution < -0.4 is 10.6 Å². The first-order valence-corrected chi connectivity index (χ1v) is 3.07. The normalized spacial score (nSPS) is 18.0. The minimum atomic E-state index is 0.556. The molecule has 0 aromatic rings. The number of likely N-dealkylation sites (N-methyl/N-ethyl adjacent to an activating group) is 2. The summed E-state index contributed by atoms with van der Waals surface area (Å²) in [5.41, 5.74) is 0. The van der Waals surface area contributed by atoms with Crippen molar-refractivity contribution in [1.82, 2.24) is 10.6 Å². The second kappa shape index (κ2) is 3.87. The zero-order valence-electron chi connectivity index (χ0n) is 6.15. The Kier molecular flexibility index (Phi) is 3.83. The first kappa shape index (κ1) is 7.92. The molecule has 2 nitrogen and oxygen atoms in total. The highest BCUT2D eigenvalue weighted by Crippen LogP contribution is 1.86. The van der Waals surface area contributed by atoms with Gasteiger partial charge in [-0.2, -0.15) is 0 Å². The topological polar surface area (TPSA) is 24.1 Å². The molecule has 0 aromatic heterocycles. The van der Waals surface area contributed by atoms with E-state index in [4.69, 9.17) is 0 Å². The fourth-order valence-electron chi connectivity index (χ4n) is 0.500. The molecule has 2 heteroatoms. The average Bonchev–Trinajstić information content (AvgIpc) is 1.84. The van der Waals surface area contributed by atoms with Crippen LogP contribution in [0.4, 0.5) is 0 Å². The Morgan fingerprint density at radius 1 is 0.875 bits per heavy atom. The second-order valence-electron chi connectivity index (χ2n) is 2.15. The summed E-state index contributed by atoms with van der Waals surface area (Å²) in [5, 5.41) is 6.31. The van der Waals surface area contributed by atoms with Crippen LogP contribution in [-0.4, -0.2) is 26.2 Å². The summed E-state index contributed by atoms with van der Waals surface area (Å²) in [6.07, 6.45) is 0. The van der Waals surface area contributed by atoms with Crippen LogP contribution in [0.25, 0.3) is 0 Å². The van der Waals surface area contributed by atoms with E-state index < -0.39 is 0 Å². The molecule has 0 unspecified atom stereocenters. The van der Waals surface area contributed by atoms with E-state index in [1.807, 2.05) is 14.1 Å². The molecule has 0 radical (unpaired) electrons. The molecular weight excluding hydrogens is 100 g/mol. The highest BCUT2D eigenvalue weighted by Gasteiger charge is 2.04. The van der Waals surface area contributed by atoms with Gasteiger partial charge in [-0.05, 0) is 27.9 Å². The van der Waals surface area contributed by atoms with Gasteiger partial charge in [-0.15, -0.1) is 0 Å². The van der Waals surface area contributed by atoms with E-state index in [9.17, 15) is 0 Å². The quantitative estimate of drug-likeness (QED) is 0.550.